The Bertz CT molecular complexity index is 1880. The number of methoxy groups -OCH3 is 1. The number of amides is 2. The van der Waals surface area contributed by atoms with Gasteiger partial charge in [0.15, 0.2) is 16.1 Å². The Labute approximate surface area is 283 Å². The van der Waals surface area contributed by atoms with Gasteiger partial charge in [-0.1, -0.05) is 30.0 Å². The third kappa shape index (κ3) is 7.78. The second kappa shape index (κ2) is 15.3. The van der Waals surface area contributed by atoms with E-state index in [4.69, 9.17) is 13.9 Å². The van der Waals surface area contributed by atoms with Crippen LogP contribution in [0.4, 0.5) is 15.8 Å². The first-order valence-electron chi connectivity index (χ1n) is 14.9. The average Bonchev–Trinajstić information content (AvgIpc) is 3.93. The number of thioether (sulfide) groups is 2. The van der Waals surface area contributed by atoms with Crippen LogP contribution in [0, 0.1) is 0 Å². The van der Waals surface area contributed by atoms with Crippen LogP contribution in [-0.2, 0) is 25.6 Å². The normalized spacial score (nSPS) is 15.2. The van der Waals surface area contributed by atoms with E-state index in [2.05, 4.69) is 36.0 Å². The molecule has 1 aliphatic rings. The summed E-state index contributed by atoms with van der Waals surface area (Å²) in [4.78, 5) is 28.5. The van der Waals surface area contributed by atoms with Crippen molar-refractivity contribution in [3.8, 4) is 22.7 Å². The number of alkyl halides is 1. The molecule has 0 spiro atoms. The number of carbonyl (C=O) groups is 2. The van der Waals surface area contributed by atoms with Gasteiger partial charge in [0.25, 0.3) is 5.91 Å². The first-order chi connectivity index (χ1) is 23.4. The maximum absolute atomic E-state index is 14.7. The molecule has 1 aliphatic heterocycles. The summed E-state index contributed by atoms with van der Waals surface area (Å²) in [6.07, 6.45) is 4.98. The van der Waals surface area contributed by atoms with Crippen molar-refractivity contribution in [3.63, 3.8) is 0 Å². The number of nitrogens with zero attached hydrogens (tertiary/aromatic N) is 5. The minimum absolute atomic E-state index is 0.0806. The standard InChI is InChI=1S/C32H31FN8O5S2/c1-3-41-28(38-40-32(41)47-25(18-44-2)29(42)34-22-7-5-4-6-8-22)21-15-24(46-17-21)19-9-11-23(12-10-19)35-30(43)26(33)48-31-36-27(37-39-31)20-13-14-45-16-20/h4-15,17,20,25-26H,3,16,18H2,1-2H3,(H,34,42)(H,35,43)(H,36,37,39). The fourth-order valence-corrected chi connectivity index (χ4v) is 6.42. The predicted molar refractivity (Wildman–Crippen MR) is 179 cm³/mol. The zero-order valence-corrected chi connectivity index (χ0v) is 27.5. The molecule has 0 saturated carbocycles. The van der Waals surface area contributed by atoms with Crippen LogP contribution in [-0.4, -0.2) is 72.8 Å². The van der Waals surface area contributed by atoms with Gasteiger partial charge in [-0.3, -0.25) is 9.59 Å². The molecule has 0 fully saturated rings. The Morgan fingerprint density at radius 2 is 1.79 bits per heavy atom. The van der Waals surface area contributed by atoms with E-state index in [9.17, 15) is 14.0 Å². The Kier molecular flexibility index (Phi) is 10.5. The minimum atomic E-state index is -1.91. The Morgan fingerprint density at radius 3 is 2.52 bits per heavy atom. The van der Waals surface area contributed by atoms with Crippen LogP contribution in [0.25, 0.3) is 22.7 Å². The zero-order chi connectivity index (χ0) is 33.5. The maximum atomic E-state index is 14.7. The molecule has 13 nitrogen and oxygen atoms in total. The van der Waals surface area contributed by atoms with E-state index < -0.39 is 16.7 Å². The van der Waals surface area contributed by atoms with E-state index in [-0.39, 0.29) is 23.6 Å². The number of carbonyl (C=O) groups excluding carboxylic acids is 2. The van der Waals surface area contributed by atoms with Crippen LogP contribution in [0.5, 0.6) is 0 Å². The molecule has 6 rings (SSSR count). The number of aromatic amines is 1. The number of nitrogens with one attached hydrogen (secondary N) is 3. The lowest BCUT2D eigenvalue weighted by molar-refractivity contribution is -0.118. The van der Waals surface area contributed by atoms with Gasteiger partial charge in [-0.25, -0.2) is 4.39 Å². The maximum Gasteiger partial charge on any atom is 0.269 e. The molecule has 3 N–H and O–H groups in total. The Hall–Kier alpha value is -4.93. The highest BCUT2D eigenvalue weighted by Gasteiger charge is 2.26. The number of rotatable bonds is 14. The third-order valence-corrected chi connectivity index (χ3v) is 9.14. The molecule has 2 aromatic carbocycles. The minimum Gasteiger partial charge on any atom is -0.500 e. The molecule has 0 aliphatic carbocycles. The number of benzene rings is 2. The molecule has 4 heterocycles. The lowest BCUT2D eigenvalue weighted by Crippen LogP contribution is -2.29. The van der Waals surface area contributed by atoms with Crippen molar-refractivity contribution in [2.45, 2.75) is 40.5 Å². The summed E-state index contributed by atoms with van der Waals surface area (Å²) in [5, 5.41) is 22.4. The molecular weight excluding hydrogens is 660 g/mol. The lowest BCUT2D eigenvalue weighted by atomic mass is 10.1. The molecule has 3 atom stereocenters. The predicted octanol–water partition coefficient (Wildman–Crippen LogP) is 5.74. The van der Waals surface area contributed by atoms with Crippen LogP contribution in [0.3, 0.4) is 0 Å². The number of aromatic nitrogens is 6. The fraction of sp³-hybridized carbons (Fsp3) is 0.250. The van der Waals surface area contributed by atoms with Crippen molar-refractivity contribution < 1.29 is 27.9 Å². The van der Waals surface area contributed by atoms with Gasteiger partial charge in [0.2, 0.25) is 11.4 Å². The highest BCUT2D eigenvalue weighted by Crippen LogP contribution is 2.32. The molecule has 0 bridgehead atoms. The molecule has 248 valence electrons. The second-order valence-electron chi connectivity index (χ2n) is 10.5. The van der Waals surface area contributed by atoms with Gasteiger partial charge in [0, 0.05) is 30.6 Å². The van der Waals surface area contributed by atoms with E-state index in [0.29, 0.717) is 64.4 Å². The highest BCUT2D eigenvalue weighted by molar-refractivity contribution is 8.00. The van der Waals surface area contributed by atoms with E-state index in [1.54, 1.807) is 43.9 Å². The van der Waals surface area contributed by atoms with Gasteiger partial charge in [-0.2, -0.15) is 0 Å². The number of hydrogen-bond acceptors (Lipinski definition) is 11. The average molecular weight is 691 g/mol. The fourth-order valence-electron chi connectivity index (χ4n) is 4.75. The van der Waals surface area contributed by atoms with Gasteiger partial charge >= 0.3 is 0 Å². The first-order valence-corrected chi connectivity index (χ1v) is 16.6. The van der Waals surface area contributed by atoms with Crippen molar-refractivity contribution in [3.05, 3.63) is 85.1 Å². The molecular formula is C32H31FN8O5S2. The van der Waals surface area contributed by atoms with E-state index >= 15 is 0 Å². The summed E-state index contributed by atoms with van der Waals surface area (Å²) in [5.41, 5.74) is 0.637. The van der Waals surface area contributed by atoms with Crippen molar-refractivity contribution in [1.82, 2.24) is 29.9 Å². The summed E-state index contributed by atoms with van der Waals surface area (Å²) in [6.45, 7) is 3.13. The van der Waals surface area contributed by atoms with Crippen molar-refractivity contribution in [1.29, 1.82) is 0 Å². The summed E-state index contributed by atoms with van der Waals surface area (Å²) < 4.78 is 33.0. The Morgan fingerprint density at radius 1 is 1.02 bits per heavy atom. The van der Waals surface area contributed by atoms with Crippen LogP contribution >= 0.6 is 23.5 Å². The van der Waals surface area contributed by atoms with Crippen LogP contribution in [0.2, 0.25) is 0 Å². The summed E-state index contributed by atoms with van der Waals surface area (Å²) in [5.74, 6) is 0.574. The molecule has 0 radical (unpaired) electrons. The van der Waals surface area contributed by atoms with Crippen LogP contribution in [0.15, 0.2) is 94.0 Å². The number of H-pyrrole nitrogens is 1. The SMILES string of the molecule is CCn1c(SC(COC)C(=O)Nc2ccccc2)nnc1-c1coc(-c2ccc(NC(=O)C(F)Sc3nnc(C4C=COC4)[nH]3)cc2)c1. The first kappa shape index (κ1) is 33.0. The Balaban J connectivity index is 1.08. The molecule has 3 unspecified atom stereocenters. The van der Waals surface area contributed by atoms with Gasteiger partial charge in [0.05, 0.1) is 24.4 Å². The topological polar surface area (TPSA) is 162 Å². The van der Waals surface area contributed by atoms with Crippen molar-refractivity contribution >= 4 is 46.7 Å². The van der Waals surface area contributed by atoms with Gasteiger partial charge in [0.1, 0.15) is 29.7 Å². The van der Waals surface area contributed by atoms with Crippen LogP contribution in [0.1, 0.15) is 18.7 Å². The third-order valence-electron chi connectivity index (χ3n) is 7.17. The van der Waals surface area contributed by atoms with E-state index in [0.717, 1.165) is 5.56 Å². The number of para-hydroxylation sites is 1. The molecule has 5 aromatic rings. The number of anilines is 2. The van der Waals surface area contributed by atoms with Gasteiger partial charge < -0.3 is 34.1 Å². The second-order valence-corrected chi connectivity index (χ2v) is 12.7. The zero-order valence-electron chi connectivity index (χ0n) is 25.8. The molecule has 48 heavy (non-hydrogen) atoms. The quantitative estimate of drug-likeness (QED) is 0.122. The number of halogens is 1. The molecule has 3 aromatic heterocycles. The highest BCUT2D eigenvalue weighted by atomic mass is 32.2. The molecule has 0 saturated heterocycles. The number of ether oxygens (including phenoxy) is 2. The summed E-state index contributed by atoms with van der Waals surface area (Å²) in [7, 11) is 1.55. The van der Waals surface area contributed by atoms with E-state index in [1.165, 1.54) is 11.8 Å². The molecule has 2 amide bonds. The van der Waals surface area contributed by atoms with Gasteiger partial charge in [-0.05, 0) is 67.2 Å². The van der Waals surface area contributed by atoms with Crippen molar-refractivity contribution in [2.75, 3.05) is 31.0 Å². The smallest absolute Gasteiger partial charge is 0.269 e. The lowest BCUT2D eigenvalue weighted by Gasteiger charge is -2.16. The summed E-state index contributed by atoms with van der Waals surface area (Å²) >= 11 is 1.90. The van der Waals surface area contributed by atoms with Crippen LogP contribution < -0.4 is 10.6 Å². The number of furan rings is 1. The monoisotopic (exact) mass is 690 g/mol. The largest absolute Gasteiger partial charge is 0.500 e. The summed E-state index contributed by atoms with van der Waals surface area (Å²) in [6, 6.07) is 17.9. The van der Waals surface area contributed by atoms with Crippen molar-refractivity contribution in [2.24, 2.45) is 0 Å². The molecule has 16 heteroatoms. The van der Waals surface area contributed by atoms with Gasteiger partial charge in [-0.15, -0.1) is 20.4 Å². The number of hydrogen-bond donors (Lipinski definition) is 3. The van der Waals surface area contributed by atoms with E-state index in [1.807, 2.05) is 54.0 Å².